The summed E-state index contributed by atoms with van der Waals surface area (Å²) in [5, 5.41) is 10.8. The molecule has 1 atom stereocenters. The van der Waals surface area contributed by atoms with Crippen LogP contribution in [0.4, 0.5) is 28.8 Å². The summed E-state index contributed by atoms with van der Waals surface area (Å²) in [6, 6.07) is 26.3. The summed E-state index contributed by atoms with van der Waals surface area (Å²) in [5.41, 5.74) is 9.72. The first-order valence-electron chi connectivity index (χ1n) is 14.3. The van der Waals surface area contributed by atoms with Crippen molar-refractivity contribution in [3.05, 3.63) is 108 Å². The number of aromatic nitrogens is 2. The number of hydrogen-bond acceptors (Lipinski definition) is 8. The molecule has 5 rings (SSSR count). The number of fused-ring (bicyclic) bond motifs is 1. The molecule has 0 fully saturated rings. The van der Waals surface area contributed by atoms with Gasteiger partial charge in [-0.2, -0.15) is 4.98 Å². The molecule has 4 aromatic carbocycles. The maximum Gasteiger partial charge on any atom is 0.296 e. The summed E-state index contributed by atoms with van der Waals surface area (Å²) in [4.78, 5) is 35.8. The number of nitrogens with two attached hydrogens (primary N) is 1. The molecule has 5 N–H and O–H groups in total. The number of amides is 1. The van der Waals surface area contributed by atoms with Gasteiger partial charge in [-0.1, -0.05) is 75.4 Å². The SMILES string of the molecule is COc1c(N)cc(C(C)(C)C)cc1NC(=O)C(=O)c1ccc(Nc2ccnc(N[C@@H](C)c3ccccc3)n2)c2ccccc12. The number of Topliss-reactive ketones (excluding diaryl/α,β-unsaturated/α-hetero) is 1. The summed E-state index contributed by atoms with van der Waals surface area (Å²) in [6.45, 7) is 8.16. The van der Waals surface area contributed by atoms with Crippen LogP contribution in [0.15, 0.2) is 91.1 Å². The molecular formula is C35H36N6O3. The first-order chi connectivity index (χ1) is 21.0. The normalized spacial score (nSPS) is 11.9. The van der Waals surface area contributed by atoms with Crippen LogP contribution in [0.5, 0.6) is 5.75 Å². The lowest BCUT2D eigenvalue weighted by Crippen LogP contribution is -2.24. The average molecular weight is 589 g/mol. The van der Waals surface area contributed by atoms with Gasteiger partial charge in [0.25, 0.3) is 11.7 Å². The Morgan fingerprint density at radius 1 is 0.886 bits per heavy atom. The molecule has 5 aromatic rings. The molecule has 9 heteroatoms. The molecule has 44 heavy (non-hydrogen) atoms. The first-order valence-corrected chi connectivity index (χ1v) is 14.3. The molecule has 1 amide bonds. The number of carbonyl (C=O) groups excluding carboxylic acids is 2. The van der Waals surface area contributed by atoms with Gasteiger partial charge in [0.1, 0.15) is 5.82 Å². The zero-order valence-corrected chi connectivity index (χ0v) is 25.4. The van der Waals surface area contributed by atoms with Crippen molar-refractivity contribution in [2.75, 3.05) is 28.8 Å². The highest BCUT2D eigenvalue weighted by atomic mass is 16.5. The number of benzene rings is 4. The van der Waals surface area contributed by atoms with Gasteiger partial charge in [0.2, 0.25) is 5.95 Å². The highest BCUT2D eigenvalue weighted by molar-refractivity contribution is 6.48. The standard InChI is InChI=1S/C35H36N6O3/c1-21(22-11-7-6-8-12-22)38-34-37-18-17-30(41-34)39-28-16-15-26(24-13-9-10-14-25(24)28)31(42)33(43)40-29-20-23(35(2,3)4)19-27(36)32(29)44-5/h6-21H,36H2,1-5H3,(H,40,43)(H2,37,38,39,41)/t21-/m0/s1. The number of carbonyl (C=O) groups is 2. The molecule has 9 nitrogen and oxygen atoms in total. The fraction of sp³-hybridized carbons (Fsp3) is 0.200. The molecule has 0 unspecified atom stereocenters. The van der Waals surface area contributed by atoms with Crippen molar-refractivity contribution in [3.8, 4) is 5.75 Å². The van der Waals surface area contributed by atoms with E-state index in [1.807, 2.05) is 88.4 Å². The van der Waals surface area contributed by atoms with Gasteiger partial charge in [0.15, 0.2) is 5.75 Å². The molecule has 0 bridgehead atoms. The van der Waals surface area contributed by atoms with E-state index < -0.39 is 11.7 Å². The Morgan fingerprint density at radius 3 is 2.30 bits per heavy atom. The number of ketones is 1. The number of rotatable bonds is 9. The smallest absolute Gasteiger partial charge is 0.296 e. The van der Waals surface area contributed by atoms with Gasteiger partial charge in [0, 0.05) is 22.8 Å². The number of nitrogens with one attached hydrogen (secondary N) is 3. The molecule has 0 aliphatic carbocycles. The molecule has 0 aliphatic rings. The van der Waals surface area contributed by atoms with Crippen LogP contribution in [-0.4, -0.2) is 28.8 Å². The van der Waals surface area contributed by atoms with E-state index in [0.29, 0.717) is 34.3 Å². The second-order valence-corrected chi connectivity index (χ2v) is 11.6. The summed E-state index contributed by atoms with van der Waals surface area (Å²) >= 11 is 0. The topological polar surface area (TPSA) is 131 Å². The predicted octanol–water partition coefficient (Wildman–Crippen LogP) is 7.26. The van der Waals surface area contributed by atoms with Crippen molar-refractivity contribution in [2.45, 2.75) is 39.2 Å². The predicted molar refractivity (Wildman–Crippen MR) is 177 cm³/mol. The third kappa shape index (κ3) is 6.47. The van der Waals surface area contributed by atoms with Gasteiger partial charge >= 0.3 is 0 Å². The van der Waals surface area contributed by atoms with Crippen molar-refractivity contribution >= 4 is 51.3 Å². The minimum atomic E-state index is -0.793. The van der Waals surface area contributed by atoms with Crippen LogP contribution in [0.3, 0.4) is 0 Å². The quantitative estimate of drug-likeness (QED) is 0.0804. The largest absolute Gasteiger partial charge is 0.492 e. The molecule has 1 heterocycles. The van der Waals surface area contributed by atoms with Crippen molar-refractivity contribution in [1.29, 1.82) is 0 Å². The minimum absolute atomic E-state index is 0.0102. The molecule has 0 aliphatic heterocycles. The van der Waals surface area contributed by atoms with E-state index in [0.717, 1.165) is 22.2 Å². The van der Waals surface area contributed by atoms with E-state index in [1.54, 1.807) is 30.5 Å². The summed E-state index contributed by atoms with van der Waals surface area (Å²) in [5.74, 6) is -0.115. The Bertz CT molecular complexity index is 1830. The average Bonchev–Trinajstić information content (AvgIpc) is 3.01. The number of ether oxygens (including phenoxy) is 1. The number of anilines is 5. The van der Waals surface area contributed by atoms with E-state index in [9.17, 15) is 9.59 Å². The van der Waals surface area contributed by atoms with Gasteiger partial charge in [0.05, 0.1) is 24.5 Å². The highest BCUT2D eigenvalue weighted by Crippen LogP contribution is 2.37. The molecule has 0 radical (unpaired) electrons. The lowest BCUT2D eigenvalue weighted by molar-refractivity contribution is -0.112. The van der Waals surface area contributed by atoms with Crippen LogP contribution in [-0.2, 0) is 10.2 Å². The number of nitrogen functional groups attached to an aromatic ring is 1. The van der Waals surface area contributed by atoms with E-state index in [4.69, 9.17) is 10.5 Å². The van der Waals surface area contributed by atoms with Crippen LogP contribution in [0.2, 0.25) is 0 Å². The van der Waals surface area contributed by atoms with Gasteiger partial charge in [-0.05, 0) is 59.2 Å². The molecule has 0 saturated carbocycles. The summed E-state index contributed by atoms with van der Waals surface area (Å²) in [7, 11) is 1.47. The lowest BCUT2D eigenvalue weighted by Gasteiger charge is -2.22. The van der Waals surface area contributed by atoms with Crippen molar-refractivity contribution in [1.82, 2.24) is 9.97 Å². The monoisotopic (exact) mass is 588 g/mol. The molecule has 224 valence electrons. The van der Waals surface area contributed by atoms with Crippen LogP contribution in [0.25, 0.3) is 10.8 Å². The highest BCUT2D eigenvalue weighted by Gasteiger charge is 2.24. The Hall–Kier alpha value is -5.44. The van der Waals surface area contributed by atoms with Gasteiger partial charge < -0.3 is 26.4 Å². The Labute approximate surface area is 256 Å². The third-order valence-corrected chi connectivity index (χ3v) is 7.37. The second-order valence-electron chi connectivity index (χ2n) is 11.6. The fourth-order valence-electron chi connectivity index (χ4n) is 4.97. The number of nitrogens with zero attached hydrogens (tertiary/aromatic N) is 2. The van der Waals surface area contributed by atoms with Crippen LogP contribution in [0, 0.1) is 0 Å². The molecular weight excluding hydrogens is 552 g/mol. The first kappa shape index (κ1) is 30.0. The zero-order valence-electron chi connectivity index (χ0n) is 25.4. The van der Waals surface area contributed by atoms with E-state index in [-0.39, 0.29) is 17.0 Å². The van der Waals surface area contributed by atoms with Gasteiger partial charge in [-0.25, -0.2) is 4.98 Å². The zero-order chi connectivity index (χ0) is 31.4. The number of hydrogen-bond donors (Lipinski definition) is 4. The van der Waals surface area contributed by atoms with Crippen molar-refractivity contribution in [3.63, 3.8) is 0 Å². The molecule has 1 aromatic heterocycles. The van der Waals surface area contributed by atoms with E-state index in [2.05, 4.69) is 25.9 Å². The Morgan fingerprint density at radius 2 is 1.59 bits per heavy atom. The van der Waals surface area contributed by atoms with Crippen LogP contribution >= 0.6 is 0 Å². The van der Waals surface area contributed by atoms with Crippen LogP contribution < -0.4 is 26.4 Å². The fourth-order valence-corrected chi connectivity index (χ4v) is 4.97. The third-order valence-electron chi connectivity index (χ3n) is 7.37. The molecule has 0 spiro atoms. The van der Waals surface area contributed by atoms with Crippen molar-refractivity contribution < 1.29 is 14.3 Å². The molecule has 0 saturated heterocycles. The van der Waals surface area contributed by atoms with Gasteiger partial charge in [-0.3, -0.25) is 9.59 Å². The van der Waals surface area contributed by atoms with E-state index in [1.165, 1.54) is 7.11 Å². The maximum atomic E-state index is 13.5. The lowest BCUT2D eigenvalue weighted by atomic mass is 9.86. The van der Waals surface area contributed by atoms with Crippen LogP contribution in [0.1, 0.15) is 55.2 Å². The van der Waals surface area contributed by atoms with E-state index >= 15 is 0 Å². The Kier molecular flexibility index (Phi) is 8.48. The second kappa shape index (κ2) is 12.4. The Balaban J connectivity index is 1.40. The number of methoxy groups -OCH3 is 1. The van der Waals surface area contributed by atoms with Gasteiger partial charge in [-0.15, -0.1) is 0 Å². The summed E-state index contributed by atoms with van der Waals surface area (Å²) < 4.78 is 5.45. The minimum Gasteiger partial charge on any atom is -0.492 e. The van der Waals surface area contributed by atoms with Crippen molar-refractivity contribution in [2.24, 2.45) is 0 Å². The maximum absolute atomic E-state index is 13.5. The summed E-state index contributed by atoms with van der Waals surface area (Å²) in [6.07, 6.45) is 1.68.